The fourth-order valence-corrected chi connectivity index (χ4v) is 2.49. The molecule has 0 bridgehead atoms. The number of hydrogen-bond acceptors (Lipinski definition) is 1. The Balaban J connectivity index is 2.33. The van der Waals surface area contributed by atoms with E-state index in [0.717, 1.165) is 0 Å². The molecule has 1 unspecified atom stereocenters. The van der Waals surface area contributed by atoms with Crippen LogP contribution in [0.2, 0.25) is 10.0 Å². The van der Waals surface area contributed by atoms with E-state index in [2.05, 4.69) is 5.32 Å². The van der Waals surface area contributed by atoms with Crippen LogP contribution in [0.4, 0.5) is 18.9 Å². The Morgan fingerprint density at radius 2 is 1.48 bits per heavy atom. The van der Waals surface area contributed by atoms with E-state index in [9.17, 15) is 13.2 Å². The van der Waals surface area contributed by atoms with Crippen molar-refractivity contribution >= 4 is 28.9 Å². The first-order valence-electron chi connectivity index (χ1n) is 6.19. The molecule has 6 heteroatoms. The zero-order valence-electron chi connectivity index (χ0n) is 10.8. The maximum atomic E-state index is 12.8. The number of benzene rings is 2. The van der Waals surface area contributed by atoms with Crippen LogP contribution in [0.1, 0.15) is 18.0 Å². The van der Waals surface area contributed by atoms with Gasteiger partial charge in [0.2, 0.25) is 0 Å². The van der Waals surface area contributed by atoms with Gasteiger partial charge >= 0.3 is 6.18 Å². The minimum atomic E-state index is -4.30. The zero-order valence-corrected chi connectivity index (χ0v) is 12.3. The second kappa shape index (κ2) is 6.58. The minimum Gasteiger partial charge on any atom is -0.375 e. The van der Waals surface area contributed by atoms with Crippen LogP contribution < -0.4 is 5.32 Å². The van der Waals surface area contributed by atoms with E-state index in [0.29, 0.717) is 11.3 Å². The normalized spacial score (nSPS) is 13.0. The van der Waals surface area contributed by atoms with Crippen LogP contribution in [0, 0.1) is 0 Å². The first kappa shape index (κ1) is 16.0. The van der Waals surface area contributed by atoms with Crippen molar-refractivity contribution in [2.45, 2.75) is 18.6 Å². The molecule has 0 saturated carbocycles. The van der Waals surface area contributed by atoms with E-state index < -0.39 is 18.6 Å². The third kappa shape index (κ3) is 4.55. The second-order valence-electron chi connectivity index (χ2n) is 4.52. The number of halogens is 5. The van der Waals surface area contributed by atoms with E-state index in [1.165, 1.54) is 0 Å². The number of rotatable bonds is 4. The highest BCUT2D eigenvalue weighted by Crippen LogP contribution is 2.37. The standard InChI is InChI=1S/C15H12Cl2F3N/c16-11-7-4-8-12(17)14(11)21-13(9-15(18,19)20)10-5-2-1-3-6-10/h1-8,13,21H,9H2. The van der Waals surface area contributed by atoms with Gasteiger partial charge in [0.15, 0.2) is 0 Å². The molecule has 0 aliphatic rings. The fraction of sp³-hybridized carbons (Fsp3) is 0.200. The number of para-hydroxylation sites is 1. The van der Waals surface area contributed by atoms with Crippen LogP contribution in [-0.2, 0) is 0 Å². The molecule has 2 rings (SSSR count). The maximum Gasteiger partial charge on any atom is 0.391 e. The highest BCUT2D eigenvalue weighted by molar-refractivity contribution is 6.39. The molecule has 0 amide bonds. The summed E-state index contributed by atoms with van der Waals surface area (Å²) in [5.74, 6) is 0. The van der Waals surface area contributed by atoms with Gasteiger partial charge in [0.05, 0.1) is 28.2 Å². The Labute approximate surface area is 130 Å². The first-order chi connectivity index (χ1) is 9.87. The third-order valence-electron chi connectivity index (χ3n) is 2.92. The van der Waals surface area contributed by atoms with Gasteiger partial charge in [-0.2, -0.15) is 13.2 Å². The van der Waals surface area contributed by atoms with Crippen molar-refractivity contribution in [3.63, 3.8) is 0 Å². The van der Waals surface area contributed by atoms with Crippen LogP contribution in [0.3, 0.4) is 0 Å². The molecule has 112 valence electrons. The smallest absolute Gasteiger partial charge is 0.375 e. The molecule has 21 heavy (non-hydrogen) atoms. The quantitative estimate of drug-likeness (QED) is 0.712. The van der Waals surface area contributed by atoms with Crippen molar-refractivity contribution in [2.24, 2.45) is 0 Å². The highest BCUT2D eigenvalue weighted by atomic mass is 35.5. The monoisotopic (exact) mass is 333 g/mol. The van der Waals surface area contributed by atoms with Crippen molar-refractivity contribution in [3.05, 3.63) is 64.1 Å². The average molecular weight is 334 g/mol. The van der Waals surface area contributed by atoms with Crippen LogP contribution in [0.25, 0.3) is 0 Å². The molecule has 1 nitrogen and oxygen atoms in total. The topological polar surface area (TPSA) is 12.0 Å². The molecule has 0 spiro atoms. The molecule has 0 saturated heterocycles. The molecule has 0 aliphatic carbocycles. The molecular formula is C15H12Cl2F3N. The Bertz CT molecular complexity index is 579. The summed E-state index contributed by atoms with van der Waals surface area (Å²) in [5, 5.41) is 3.37. The number of anilines is 1. The zero-order chi connectivity index (χ0) is 15.5. The van der Waals surface area contributed by atoms with Gasteiger partial charge < -0.3 is 5.32 Å². The summed E-state index contributed by atoms with van der Waals surface area (Å²) < 4.78 is 38.4. The van der Waals surface area contributed by atoms with Gasteiger partial charge in [0.25, 0.3) is 0 Å². The Kier molecular flexibility index (Phi) is 5.01. The number of nitrogens with one attached hydrogen (secondary N) is 1. The molecule has 0 aromatic heterocycles. The molecular weight excluding hydrogens is 322 g/mol. The largest absolute Gasteiger partial charge is 0.391 e. The summed E-state index contributed by atoms with van der Waals surface area (Å²) in [6.45, 7) is 0. The maximum absolute atomic E-state index is 12.8. The van der Waals surface area contributed by atoms with E-state index in [1.807, 2.05) is 0 Å². The van der Waals surface area contributed by atoms with Gasteiger partial charge in [-0.25, -0.2) is 0 Å². The Hall–Kier alpha value is -1.39. The van der Waals surface area contributed by atoms with Crippen molar-refractivity contribution in [1.82, 2.24) is 0 Å². The summed E-state index contributed by atoms with van der Waals surface area (Å²) in [6.07, 6.45) is -5.32. The molecule has 1 atom stereocenters. The Morgan fingerprint density at radius 3 is 2.00 bits per heavy atom. The van der Waals surface area contributed by atoms with Gasteiger partial charge in [-0.15, -0.1) is 0 Å². The molecule has 2 aromatic carbocycles. The number of alkyl halides is 3. The van der Waals surface area contributed by atoms with Gasteiger partial charge in [-0.3, -0.25) is 0 Å². The van der Waals surface area contributed by atoms with E-state index in [-0.39, 0.29) is 10.0 Å². The van der Waals surface area contributed by atoms with Crippen molar-refractivity contribution in [3.8, 4) is 0 Å². The summed E-state index contributed by atoms with van der Waals surface area (Å²) in [6, 6.07) is 12.2. The lowest BCUT2D eigenvalue weighted by Gasteiger charge is -2.23. The van der Waals surface area contributed by atoms with Crippen molar-refractivity contribution < 1.29 is 13.2 Å². The molecule has 0 aliphatic heterocycles. The summed E-state index contributed by atoms with van der Waals surface area (Å²) in [5.41, 5.74) is 0.824. The predicted molar refractivity (Wildman–Crippen MR) is 79.9 cm³/mol. The highest BCUT2D eigenvalue weighted by Gasteiger charge is 2.33. The van der Waals surface area contributed by atoms with Gasteiger partial charge in [-0.05, 0) is 17.7 Å². The van der Waals surface area contributed by atoms with E-state index in [4.69, 9.17) is 23.2 Å². The van der Waals surface area contributed by atoms with E-state index >= 15 is 0 Å². The average Bonchev–Trinajstić information content (AvgIpc) is 2.41. The lowest BCUT2D eigenvalue weighted by Crippen LogP contribution is -2.20. The van der Waals surface area contributed by atoms with Crippen LogP contribution in [0.15, 0.2) is 48.5 Å². The summed E-state index contributed by atoms with van der Waals surface area (Å²) in [7, 11) is 0. The summed E-state index contributed by atoms with van der Waals surface area (Å²) >= 11 is 12.0. The molecule has 0 fully saturated rings. The minimum absolute atomic E-state index is 0.283. The Morgan fingerprint density at radius 1 is 0.905 bits per heavy atom. The van der Waals surface area contributed by atoms with Crippen molar-refractivity contribution in [1.29, 1.82) is 0 Å². The lowest BCUT2D eigenvalue weighted by molar-refractivity contribution is -0.137. The first-order valence-corrected chi connectivity index (χ1v) is 6.94. The van der Waals surface area contributed by atoms with Gasteiger partial charge in [-0.1, -0.05) is 59.6 Å². The third-order valence-corrected chi connectivity index (χ3v) is 3.55. The predicted octanol–water partition coefficient (Wildman–Crippen LogP) is 6.10. The lowest BCUT2D eigenvalue weighted by atomic mass is 10.0. The fourth-order valence-electron chi connectivity index (χ4n) is 1.98. The van der Waals surface area contributed by atoms with Gasteiger partial charge in [0, 0.05) is 0 Å². The molecule has 1 N–H and O–H groups in total. The van der Waals surface area contributed by atoms with Crippen molar-refractivity contribution in [2.75, 3.05) is 5.32 Å². The van der Waals surface area contributed by atoms with E-state index in [1.54, 1.807) is 48.5 Å². The van der Waals surface area contributed by atoms with Crippen LogP contribution in [-0.4, -0.2) is 6.18 Å². The van der Waals surface area contributed by atoms with Crippen LogP contribution in [0.5, 0.6) is 0 Å². The molecule has 0 radical (unpaired) electrons. The number of hydrogen-bond donors (Lipinski definition) is 1. The SMILES string of the molecule is FC(F)(F)CC(Nc1c(Cl)cccc1Cl)c1ccccc1. The second-order valence-corrected chi connectivity index (χ2v) is 5.34. The molecule has 0 heterocycles. The molecule has 2 aromatic rings. The van der Waals surface area contributed by atoms with Gasteiger partial charge in [0.1, 0.15) is 0 Å². The summed E-state index contributed by atoms with van der Waals surface area (Å²) in [4.78, 5) is 0. The van der Waals surface area contributed by atoms with Crippen LogP contribution >= 0.6 is 23.2 Å².